The van der Waals surface area contributed by atoms with Gasteiger partial charge in [0.15, 0.2) is 0 Å². The van der Waals surface area contributed by atoms with E-state index in [4.69, 9.17) is 0 Å². The lowest BCUT2D eigenvalue weighted by Gasteiger charge is -2.06. The van der Waals surface area contributed by atoms with E-state index < -0.39 is 34.4 Å². The summed E-state index contributed by atoms with van der Waals surface area (Å²) in [6.45, 7) is 1.46. The van der Waals surface area contributed by atoms with Gasteiger partial charge in [-0.3, -0.25) is 10.1 Å². The van der Waals surface area contributed by atoms with Crippen molar-refractivity contribution in [2.45, 2.75) is 13.3 Å². The summed E-state index contributed by atoms with van der Waals surface area (Å²) in [5.74, 6) is -1.09. The van der Waals surface area contributed by atoms with E-state index in [0.29, 0.717) is 0 Å². The van der Waals surface area contributed by atoms with E-state index in [0.717, 1.165) is 6.07 Å². The molecular weight excluding hydrogens is 365 g/mol. The molecule has 0 aromatic carbocycles. The van der Waals surface area contributed by atoms with Crippen molar-refractivity contribution in [2.24, 2.45) is 0 Å². The maximum absolute atomic E-state index is 12.5. The van der Waals surface area contributed by atoms with Gasteiger partial charge in [-0.05, 0) is 35.6 Å². The van der Waals surface area contributed by atoms with Crippen molar-refractivity contribution in [1.82, 2.24) is 4.98 Å². The number of rotatable bonds is 4. The first-order valence-electron chi connectivity index (χ1n) is 4.68. The average molecular weight is 372 g/mol. The number of carbonyl (C=O) groups is 1. The number of pyridine rings is 1. The Morgan fingerprint density at radius 1 is 1.67 bits per heavy atom. The van der Waals surface area contributed by atoms with E-state index in [1.807, 2.05) is 0 Å². The first kappa shape index (κ1) is 14.7. The number of alkyl halides is 2. The number of hydrogen-bond donors (Lipinski definition) is 0. The molecular formula is C9H7F2IN2O4. The molecule has 0 aliphatic carbocycles. The van der Waals surface area contributed by atoms with E-state index in [1.165, 1.54) is 29.5 Å². The number of halogens is 3. The van der Waals surface area contributed by atoms with Crippen LogP contribution in [0, 0.1) is 13.7 Å². The minimum Gasteiger partial charge on any atom is -0.461 e. The van der Waals surface area contributed by atoms with Gasteiger partial charge in [0.2, 0.25) is 5.69 Å². The molecule has 0 atom stereocenters. The van der Waals surface area contributed by atoms with Gasteiger partial charge in [-0.1, -0.05) is 0 Å². The van der Waals surface area contributed by atoms with Crippen LogP contribution >= 0.6 is 22.6 Å². The molecule has 98 valence electrons. The van der Waals surface area contributed by atoms with Gasteiger partial charge in [-0.15, -0.1) is 0 Å². The molecule has 0 spiro atoms. The lowest BCUT2D eigenvalue weighted by Crippen LogP contribution is -2.13. The molecule has 0 unspecified atom stereocenters. The van der Waals surface area contributed by atoms with Crippen LogP contribution in [0.1, 0.15) is 29.5 Å². The van der Waals surface area contributed by atoms with Crippen molar-refractivity contribution >= 4 is 34.2 Å². The molecule has 0 aliphatic heterocycles. The fourth-order valence-electron chi connectivity index (χ4n) is 1.15. The second-order valence-corrected chi connectivity index (χ2v) is 4.17. The van der Waals surface area contributed by atoms with Gasteiger partial charge in [0.05, 0.1) is 15.1 Å². The van der Waals surface area contributed by atoms with Gasteiger partial charge in [-0.2, -0.15) is 0 Å². The fourth-order valence-corrected chi connectivity index (χ4v) is 1.92. The quantitative estimate of drug-likeness (QED) is 0.351. The summed E-state index contributed by atoms with van der Waals surface area (Å²) in [6, 6.07) is 0.867. The van der Waals surface area contributed by atoms with Crippen LogP contribution in [-0.2, 0) is 4.74 Å². The Morgan fingerprint density at radius 2 is 2.28 bits per heavy atom. The van der Waals surface area contributed by atoms with Crippen LogP contribution in [0.25, 0.3) is 0 Å². The van der Waals surface area contributed by atoms with Crippen molar-refractivity contribution in [2.75, 3.05) is 6.61 Å². The number of aromatic nitrogens is 1. The molecule has 0 radical (unpaired) electrons. The second kappa shape index (κ2) is 5.98. The van der Waals surface area contributed by atoms with Crippen molar-refractivity contribution in [3.63, 3.8) is 0 Å². The molecule has 1 aromatic rings. The van der Waals surface area contributed by atoms with Crippen molar-refractivity contribution in [3.05, 3.63) is 31.1 Å². The highest BCUT2D eigenvalue weighted by molar-refractivity contribution is 14.1. The maximum atomic E-state index is 12.5. The predicted molar refractivity (Wildman–Crippen MR) is 64.5 cm³/mol. The molecule has 0 bridgehead atoms. The van der Waals surface area contributed by atoms with Crippen molar-refractivity contribution in [1.29, 1.82) is 0 Å². The third-order valence-corrected chi connectivity index (χ3v) is 2.66. The summed E-state index contributed by atoms with van der Waals surface area (Å²) in [4.78, 5) is 24.7. The number of nitrogens with zero attached hydrogens (tertiary/aromatic N) is 2. The highest BCUT2D eigenvalue weighted by atomic mass is 127. The standard InChI is InChI=1S/C9H7F2IN2O4/c1-2-18-9(15)6-7(14(16)17)4(12)3-5(13-6)8(10)11/h3,8H,2H2,1H3. The Labute approximate surface area is 114 Å². The third-order valence-electron chi connectivity index (χ3n) is 1.84. The molecule has 1 aromatic heterocycles. The molecule has 1 heterocycles. The Balaban J connectivity index is 3.42. The van der Waals surface area contributed by atoms with Crippen LogP contribution in [0.4, 0.5) is 14.5 Å². The zero-order valence-corrected chi connectivity index (χ0v) is 11.2. The Morgan fingerprint density at radius 3 is 2.72 bits per heavy atom. The molecule has 18 heavy (non-hydrogen) atoms. The molecule has 9 heteroatoms. The topological polar surface area (TPSA) is 82.3 Å². The lowest BCUT2D eigenvalue weighted by atomic mass is 10.2. The smallest absolute Gasteiger partial charge is 0.364 e. The molecule has 0 saturated carbocycles. The summed E-state index contributed by atoms with van der Waals surface area (Å²) in [5.41, 5.74) is -2.03. The summed E-state index contributed by atoms with van der Waals surface area (Å²) >= 11 is 1.50. The predicted octanol–water partition coefficient (Wildman–Crippen LogP) is 2.71. The van der Waals surface area contributed by atoms with Gasteiger partial charge >= 0.3 is 11.7 Å². The fraction of sp³-hybridized carbons (Fsp3) is 0.333. The first-order chi connectivity index (χ1) is 8.38. The Bertz CT molecular complexity index is 496. The highest BCUT2D eigenvalue weighted by Crippen LogP contribution is 2.29. The van der Waals surface area contributed by atoms with Gasteiger partial charge < -0.3 is 4.74 Å². The zero-order valence-electron chi connectivity index (χ0n) is 9.02. The third kappa shape index (κ3) is 3.09. The van der Waals surface area contributed by atoms with Crippen LogP contribution in [-0.4, -0.2) is 22.5 Å². The summed E-state index contributed by atoms with van der Waals surface area (Å²) < 4.78 is 29.5. The van der Waals surface area contributed by atoms with Crippen LogP contribution < -0.4 is 0 Å². The second-order valence-electron chi connectivity index (χ2n) is 3.00. The lowest BCUT2D eigenvalue weighted by molar-refractivity contribution is -0.386. The summed E-state index contributed by atoms with van der Waals surface area (Å²) in [6.07, 6.45) is -2.92. The van der Waals surface area contributed by atoms with E-state index >= 15 is 0 Å². The SMILES string of the molecule is CCOC(=O)c1nc(C(F)F)cc(I)c1[N+](=O)[O-]. The number of carbonyl (C=O) groups excluding carboxylic acids is 1. The van der Waals surface area contributed by atoms with E-state index in [2.05, 4.69) is 9.72 Å². The maximum Gasteiger partial charge on any atom is 0.364 e. The van der Waals surface area contributed by atoms with Crippen LogP contribution in [0.15, 0.2) is 6.07 Å². The average Bonchev–Trinajstić information content (AvgIpc) is 2.27. The van der Waals surface area contributed by atoms with Crippen LogP contribution in [0.5, 0.6) is 0 Å². The highest BCUT2D eigenvalue weighted by Gasteiger charge is 2.29. The largest absolute Gasteiger partial charge is 0.461 e. The Hall–Kier alpha value is -1.39. The van der Waals surface area contributed by atoms with Crippen LogP contribution in [0.2, 0.25) is 0 Å². The van der Waals surface area contributed by atoms with Gasteiger partial charge in [-0.25, -0.2) is 18.6 Å². The number of esters is 1. The van der Waals surface area contributed by atoms with Gasteiger partial charge in [0.1, 0.15) is 5.69 Å². The number of hydrogen-bond acceptors (Lipinski definition) is 5. The number of nitro groups is 1. The first-order valence-corrected chi connectivity index (χ1v) is 5.76. The molecule has 0 N–H and O–H groups in total. The summed E-state index contributed by atoms with van der Waals surface area (Å²) in [7, 11) is 0. The zero-order chi connectivity index (χ0) is 13.9. The summed E-state index contributed by atoms with van der Waals surface area (Å²) in [5, 5.41) is 10.8. The van der Waals surface area contributed by atoms with Crippen LogP contribution in [0.3, 0.4) is 0 Å². The number of ether oxygens (including phenoxy) is 1. The normalized spacial score (nSPS) is 10.5. The van der Waals surface area contributed by atoms with E-state index in [-0.39, 0.29) is 10.2 Å². The molecule has 0 fully saturated rings. The molecule has 6 nitrogen and oxygen atoms in total. The minimum atomic E-state index is -2.92. The van der Waals surface area contributed by atoms with Crippen molar-refractivity contribution in [3.8, 4) is 0 Å². The van der Waals surface area contributed by atoms with Gasteiger partial charge in [0, 0.05) is 0 Å². The monoisotopic (exact) mass is 372 g/mol. The van der Waals surface area contributed by atoms with E-state index in [1.54, 1.807) is 0 Å². The molecule has 0 amide bonds. The van der Waals surface area contributed by atoms with Gasteiger partial charge in [0.25, 0.3) is 6.43 Å². The van der Waals surface area contributed by atoms with E-state index in [9.17, 15) is 23.7 Å². The molecule has 0 aliphatic rings. The molecule has 1 rings (SSSR count). The van der Waals surface area contributed by atoms with Crippen molar-refractivity contribution < 1.29 is 23.2 Å². The Kier molecular flexibility index (Phi) is 4.87. The minimum absolute atomic E-state index is 0.0346. The molecule has 0 saturated heterocycles.